The van der Waals surface area contributed by atoms with Crippen molar-refractivity contribution in [2.45, 2.75) is 11.4 Å². The molecule has 0 amide bonds. The minimum atomic E-state index is -3.28. The lowest BCUT2D eigenvalue weighted by atomic mass is 10.2. The smallest absolute Gasteiger partial charge is 0.202 e. The summed E-state index contributed by atoms with van der Waals surface area (Å²) < 4.78 is 26.3. The Hall–Kier alpha value is -0.950. The molecule has 2 aromatic rings. The molecule has 0 radical (unpaired) electrons. The van der Waals surface area contributed by atoms with Crippen molar-refractivity contribution < 1.29 is 8.42 Å². The second-order valence-electron chi connectivity index (χ2n) is 4.24. The first kappa shape index (κ1) is 16.4. The zero-order valence-corrected chi connectivity index (χ0v) is 13.9. The van der Waals surface area contributed by atoms with E-state index in [1.54, 1.807) is 11.8 Å². The van der Waals surface area contributed by atoms with E-state index < -0.39 is 9.06 Å². The quantitative estimate of drug-likeness (QED) is 0.454. The van der Waals surface area contributed by atoms with Gasteiger partial charge in [-0.25, -0.2) is 13.1 Å². The highest BCUT2D eigenvalue weighted by atomic mass is 33.1. The average Bonchev–Trinajstić information content (AvgIpc) is 2.52. The van der Waals surface area contributed by atoms with Gasteiger partial charge in [-0.2, -0.15) is 0 Å². The van der Waals surface area contributed by atoms with E-state index in [4.69, 9.17) is 0 Å². The normalized spacial score (nSPS) is 11.4. The highest BCUT2D eigenvalue weighted by Crippen LogP contribution is 2.20. The Bertz CT molecular complexity index is 630. The maximum atomic E-state index is 11.9. The van der Waals surface area contributed by atoms with E-state index in [9.17, 15) is 8.42 Å². The second-order valence-corrected chi connectivity index (χ2v) is 9.28. The molecule has 0 spiro atoms. The summed E-state index contributed by atoms with van der Waals surface area (Å²) in [4.78, 5) is 1.16. The molecule has 0 saturated carbocycles. The third-order valence-corrected chi connectivity index (χ3v) is 6.87. The van der Waals surface area contributed by atoms with Crippen LogP contribution in [0.1, 0.15) is 5.56 Å². The molecule has 0 bridgehead atoms. The van der Waals surface area contributed by atoms with E-state index in [-0.39, 0.29) is 0 Å². The van der Waals surface area contributed by atoms with Crippen LogP contribution in [0.4, 0.5) is 0 Å². The summed E-state index contributed by atoms with van der Waals surface area (Å²) in [6.45, 7) is 0.335. The first-order valence-electron chi connectivity index (χ1n) is 6.51. The summed E-state index contributed by atoms with van der Waals surface area (Å²) in [5.41, 5.74) is 0.959. The lowest BCUT2D eigenvalue weighted by Crippen LogP contribution is -2.20. The van der Waals surface area contributed by atoms with E-state index >= 15 is 0 Å². The van der Waals surface area contributed by atoms with Gasteiger partial charge in [-0.3, -0.25) is 0 Å². The fourth-order valence-corrected chi connectivity index (χ4v) is 5.16. The summed E-state index contributed by atoms with van der Waals surface area (Å²) in [6.07, 6.45) is 0. The van der Waals surface area contributed by atoms with Gasteiger partial charge in [0.15, 0.2) is 0 Å². The van der Waals surface area contributed by atoms with Crippen LogP contribution in [-0.2, 0) is 15.6 Å². The van der Waals surface area contributed by atoms with Crippen molar-refractivity contribution in [1.29, 1.82) is 0 Å². The predicted octanol–water partition coefficient (Wildman–Crippen LogP) is 3.55. The van der Waals surface area contributed by atoms with Crippen LogP contribution >= 0.6 is 22.6 Å². The van der Waals surface area contributed by atoms with E-state index in [2.05, 4.69) is 4.72 Å². The molecule has 1 N–H and O–H groups in total. The van der Waals surface area contributed by atoms with Crippen LogP contribution in [0.3, 0.4) is 0 Å². The van der Waals surface area contributed by atoms with Gasteiger partial charge in [-0.15, -0.1) is 11.8 Å². The third-order valence-electron chi connectivity index (χ3n) is 2.63. The van der Waals surface area contributed by atoms with Crippen molar-refractivity contribution in [2.24, 2.45) is 0 Å². The molecule has 0 fully saturated rings. The van der Waals surface area contributed by atoms with E-state index in [1.165, 1.54) is 0 Å². The summed E-state index contributed by atoms with van der Waals surface area (Å²) in [5, 5.41) is 0. The number of nitrogens with one attached hydrogen (secondary N) is 1. The molecule has 2 rings (SSSR count). The first-order valence-corrected chi connectivity index (χ1v) is 10.5. The van der Waals surface area contributed by atoms with Crippen molar-refractivity contribution in [3.05, 3.63) is 66.2 Å². The molecule has 0 saturated heterocycles. The van der Waals surface area contributed by atoms with E-state index in [0.717, 1.165) is 27.0 Å². The van der Waals surface area contributed by atoms with Crippen molar-refractivity contribution in [2.75, 3.05) is 11.5 Å². The van der Waals surface area contributed by atoms with Gasteiger partial charge in [0.1, 0.15) is 0 Å². The first-order chi connectivity index (χ1) is 10.2. The van der Waals surface area contributed by atoms with Crippen molar-refractivity contribution in [1.82, 2.24) is 4.72 Å². The molecule has 2 aromatic carbocycles. The molecule has 21 heavy (non-hydrogen) atoms. The van der Waals surface area contributed by atoms with Gasteiger partial charge in [0.2, 0.25) is 0 Å². The number of benzene rings is 2. The van der Waals surface area contributed by atoms with Gasteiger partial charge in [0.05, 0.1) is 0 Å². The molecule has 0 aliphatic carbocycles. The van der Waals surface area contributed by atoms with Gasteiger partial charge in [-0.05, 0) is 28.5 Å². The number of hydrogen-bond acceptors (Lipinski definition) is 4. The summed E-state index contributed by atoms with van der Waals surface area (Å²) in [5.74, 6) is 1.32. The Labute approximate surface area is 134 Å². The maximum Gasteiger partial charge on any atom is 0.265 e. The minimum Gasteiger partial charge on any atom is -0.202 e. The highest BCUT2D eigenvalue weighted by molar-refractivity contribution is 8.71. The van der Waals surface area contributed by atoms with Gasteiger partial charge < -0.3 is 0 Å². The Kier molecular flexibility index (Phi) is 6.63. The van der Waals surface area contributed by atoms with E-state index in [1.807, 2.05) is 60.7 Å². The number of hydrogen-bond donors (Lipinski definition) is 1. The predicted molar refractivity (Wildman–Crippen MR) is 91.8 cm³/mol. The van der Waals surface area contributed by atoms with Crippen LogP contribution < -0.4 is 4.72 Å². The van der Waals surface area contributed by atoms with Gasteiger partial charge in [0.25, 0.3) is 9.06 Å². The topological polar surface area (TPSA) is 46.2 Å². The Morgan fingerprint density at radius 1 is 0.857 bits per heavy atom. The lowest BCUT2D eigenvalue weighted by Gasteiger charge is -2.06. The van der Waals surface area contributed by atoms with Crippen LogP contribution in [0, 0.1) is 0 Å². The fraction of sp³-hybridized carbons (Fsp3) is 0.200. The van der Waals surface area contributed by atoms with Crippen molar-refractivity contribution in [3.8, 4) is 0 Å². The maximum absolute atomic E-state index is 11.9. The molecule has 0 atom stereocenters. The molecule has 0 aliphatic rings. The number of rotatable bonds is 8. The largest absolute Gasteiger partial charge is 0.265 e. The van der Waals surface area contributed by atoms with E-state index in [0.29, 0.717) is 12.3 Å². The van der Waals surface area contributed by atoms with Crippen LogP contribution in [0.25, 0.3) is 0 Å². The van der Waals surface area contributed by atoms with Crippen molar-refractivity contribution in [3.63, 3.8) is 0 Å². The van der Waals surface area contributed by atoms with Gasteiger partial charge in [0, 0.05) is 22.9 Å². The fourth-order valence-electron chi connectivity index (χ4n) is 1.63. The van der Waals surface area contributed by atoms with Crippen LogP contribution in [0.2, 0.25) is 0 Å². The Morgan fingerprint density at radius 2 is 1.48 bits per heavy atom. The minimum absolute atomic E-state index is 0.335. The molecule has 0 unspecified atom stereocenters. The van der Waals surface area contributed by atoms with Crippen LogP contribution in [0.15, 0.2) is 65.6 Å². The van der Waals surface area contributed by atoms with Crippen LogP contribution in [0.5, 0.6) is 0 Å². The molecule has 3 nitrogen and oxygen atoms in total. The second kappa shape index (κ2) is 8.48. The number of thioether (sulfide) groups is 1. The van der Waals surface area contributed by atoms with Crippen molar-refractivity contribution >= 4 is 31.6 Å². The van der Waals surface area contributed by atoms with Gasteiger partial charge in [-0.1, -0.05) is 48.5 Å². The zero-order valence-electron chi connectivity index (χ0n) is 11.4. The Balaban J connectivity index is 1.69. The SMILES string of the molecule is O=S(=O)(NCc1ccccc1)SCCSc1ccccc1. The third kappa shape index (κ3) is 6.56. The highest BCUT2D eigenvalue weighted by Gasteiger charge is 2.10. The zero-order chi connectivity index (χ0) is 15.0. The summed E-state index contributed by atoms with van der Waals surface area (Å²) in [6, 6.07) is 19.5. The Morgan fingerprint density at radius 3 is 2.14 bits per heavy atom. The molecule has 0 heterocycles. The molecule has 112 valence electrons. The molecule has 0 aromatic heterocycles. The summed E-state index contributed by atoms with van der Waals surface area (Å²) in [7, 11) is -2.32. The monoisotopic (exact) mass is 339 g/mol. The summed E-state index contributed by atoms with van der Waals surface area (Å²) >= 11 is 1.66. The molecular weight excluding hydrogens is 322 g/mol. The molecular formula is C15H17NO2S3. The lowest BCUT2D eigenvalue weighted by molar-refractivity contribution is 0.597. The molecule has 0 aliphatic heterocycles. The van der Waals surface area contributed by atoms with Crippen LogP contribution in [-0.4, -0.2) is 19.9 Å². The standard InChI is InChI=1S/C15H17NO2S3/c17-21(18,16-13-14-7-3-1-4-8-14)20-12-11-19-15-9-5-2-6-10-15/h1-10,16H,11-13H2. The van der Waals surface area contributed by atoms with Gasteiger partial charge >= 0.3 is 0 Å². The average molecular weight is 340 g/mol. The molecule has 6 heteroatoms.